The van der Waals surface area contributed by atoms with Gasteiger partial charge < -0.3 is 19.5 Å². The predicted octanol–water partition coefficient (Wildman–Crippen LogP) is 0.982. The Labute approximate surface area is 174 Å². The van der Waals surface area contributed by atoms with E-state index in [1.54, 1.807) is 28.3 Å². The Morgan fingerprint density at radius 3 is 2.93 bits per heavy atom. The number of carbonyl (C=O) groups excluding carboxylic acids is 2. The van der Waals surface area contributed by atoms with E-state index in [0.29, 0.717) is 42.2 Å². The number of carbonyl (C=O) groups is 2. The van der Waals surface area contributed by atoms with Crippen LogP contribution < -0.4 is 5.56 Å². The van der Waals surface area contributed by atoms with E-state index in [-0.39, 0.29) is 36.6 Å². The summed E-state index contributed by atoms with van der Waals surface area (Å²) < 4.78 is 4.97. The average Bonchev–Trinajstić information content (AvgIpc) is 3.24. The van der Waals surface area contributed by atoms with Gasteiger partial charge in [-0.25, -0.2) is 4.98 Å². The van der Waals surface area contributed by atoms with E-state index in [9.17, 15) is 14.4 Å². The van der Waals surface area contributed by atoms with Crippen LogP contribution in [0.1, 0.15) is 51.9 Å². The third-order valence-electron chi connectivity index (χ3n) is 5.78. The van der Waals surface area contributed by atoms with Gasteiger partial charge in [-0.3, -0.25) is 19.4 Å². The lowest BCUT2D eigenvalue weighted by Crippen LogP contribution is -2.41. The molecule has 1 unspecified atom stereocenters. The van der Waals surface area contributed by atoms with Gasteiger partial charge in [0.15, 0.2) is 0 Å². The maximum absolute atomic E-state index is 12.9. The Morgan fingerprint density at radius 2 is 2.17 bits per heavy atom. The number of aryl methyl sites for hydroxylation is 1. The number of amides is 2. The number of aromatic amines is 1. The van der Waals surface area contributed by atoms with Gasteiger partial charge in [-0.2, -0.15) is 0 Å². The second-order valence-corrected chi connectivity index (χ2v) is 7.72. The van der Waals surface area contributed by atoms with Crippen molar-refractivity contribution in [2.24, 2.45) is 0 Å². The van der Waals surface area contributed by atoms with Gasteiger partial charge in [0.25, 0.3) is 11.5 Å². The van der Waals surface area contributed by atoms with E-state index >= 15 is 0 Å². The number of fused-ring (bicyclic) bond motifs is 1. The molecule has 1 N–H and O–H groups in total. The van der Waals surface area contributed by atoms with Crippen LogP contribution in [0.15, 0.2) is 23.3 Å². The minimum Gasteiger partial charge on any atom is -0.375 e. The van der Waals surface area contributed by atoms with Crippen LogP contribution in [0, 0.1) is 6.92 Å². The Hall–Kier alpha value is -3.07. The van der Waals surface area contributed by atoms with Crippen LogP contribution in [0.3, 0.4) is 0 Å². The van der Waals surface area contributed by atoms with Crippen molar-refractivity contribution in [1.29, 1.82) is 0 Å². The number of hydrogen-bond donors (Lipinski definition) is 1. The number of ether oxygens (including phenoxy) is 1. The summed E-state index contributed by atoms with van der Waals surface area (Å²) in [6.45, 7) is 3.19. The monoisotopic (exact) mass is 411 g/mol. The number of rotatable bonds is 4. The van der Waals surface area contributed by atoms with Crippen molar-refractivity contribution in [3.63, 3.8) is 0 Å². The highest BCUT2D eigenvalue weighted by molar-refractivity contribution is 5.95. The third kappa shape index (κ3) is 3.72. The van der Waals surface area contributed by atoms with Crippen molar-refractivity contribution in [1.82, 2.24) is 24.8 Å². The molecule has 2 aliphatic heterocycles. The number of methoxy groups -OCH3 is 1. The van der Waals surface area contributed by atoms with E-state index in [1.165, 1.54) is 7.11 Å². The second-order valence-electron chi connectivity index (χ2n) is 7.72. The molecule has 0 aromatic carbocycles. The molecule has 2 aromatic heterocycles. The van der Waals surface area contributed by atoms with E-state index in [1.807, 2.05) is 6.92 Å². The van der Waals surface area contributed by atoms with Gasteiger partial charge in [0, 0.05) is 44.6 Å². The zero-order chi connectivity index (χ0) is 21.3. The fourth-order valence-corrected chi connectivity index (χ4v) is 4.22. The Kier molecular flexibility index (Phi) is 5.63. The van der Waals surface area contributed by atoms with E-state index in [2.05, 4.69) is 9.97 Å². The molecule has 0 bridgehead atoms. The molecule has 0 radical (unpaired) electrons. The van der Waals surface area contributed by atoms with Crippen molar-refractivity contribution < 1.29 is 14.3 Å². The lowest BCUT2D eigenvalue weighted by molar-refractivity contribution is -0.136. The lowest BCUT2D eigenvalue weighted by Gasteiger charge is -2.29. The fraction of sp³-hybridized carbons (Fsp3) is 0.476. The zero-order valence-corrected chi connectivity index (χ0v) is 17.2. The zero-order valence-electron chi connectivity index (χ0n) is 17.2. The van der Waals surface area contributed by atoms with Crippen LogP contribution in [0.4, 0.5) is 0 Å². The largest absolute Gasteiger partial charge is 0.375 e. The first kappa shape index (κ1) is 20.2. The van der Waals surface area contributed by atoms with Gasteiger partial charge in [0.1, 0.15) is 12.4 Å². The number of nitrogens with one attached hydrogen (secondary N) is 1. The van der Waals surface area contributed by atoms with Crippen LogP contribution in [-0.2, 0) is 22.5 Å². The molecule has 4 heterocycles. The smallest absolute Gasteiger partial charge is 0.256 e. The van der Waals surface area contributed by atoms with Gasteiger partial charge in [-0.15, -0.1) is 0 Å². The quantitative estimate of drug-likeness (QED) is 0.804. The fourth-order valence-electron chi connectivity index (χ4n) is 4.22. The second kappa shape index (κ2) is 8.35. The third-order valence-corrected chi connectivity index (χ3v) is 5.78. The summed E-state index contributed by atoms with van der Waals surface area (Å²) in [4.78, 5) is 53.0. The van der Waals surface area contributed by atoms with Crippen LogP contribution in [0.25, 0.3) is 0 Å². The van der Waals surface area contributed by atoms with Crippen LogP contribution >= 0.6 is 0 Å². The standard InChI is InChI=1S/C21H25N5O4/c1-13-10-22-7-5-14(13)21(29)25-9-6-16-15(11-25)20(28)24-19(23-16)17-4-3-8-26(17)18(27)12-30-2/h5,7,10,17H,3-4,6,8-9,11-12H2,1-2H3,(H,23,24,28). The van der Waals surface area contributed by atoms with E-state index < -0.39 is 0 Å². The van der Waals surface area contributed by atoms with Crippen molar-refractivity contribution in [2.45, 2.75) is 38.8 Å². The first-order chi connectivity index (χ1) is 14.5. The van der Waals surface area contributed by atoms with Crippen molar-refractivity contribution in [3.8, 4) is 0 Å². The molecule has 30 heavy (non-hydrogen) atoms. The van der Waals surface area contributed by atoms with Crippen molar-refractivity contribution in [2.75, 3.05) is 26.8 Å². The maximum atomic E-state index is 12.9. The van der Waals surface area contributed by atoms with Gasteiger partial charge in [0.05, 0.1) is 23.8 Å². The minimum absolute atomic E-state index is 0.0111. The highest BCUT2D eigenvalue weighted by atomic mass is 16.5. The topological polar surface area (TPSA) is 108 Å². The van der Waals surface area contributed by atoms with Crippen LogP contribution in [-0.4, -0.2) is 63.4 Å². The highest BCUT2D eigenvalue weighted by Gasteiger charge is 2.33. The number of aromatic nitrogens is 3. The molecular weight excluding hydrogens is 386 g/mol. The predicted molar refractivity (Wildman–Crippen MR) is 108 cm³/mol. The van der Waals surface area contributed by atoms with Crippen LogP contribution in [0.2, 0.25) is 0 Å². The number of hydrogen-bond acceptors (Lipinski definition) is 6. The molecule has 9 heteroatoms. The first-order valence-corrected chi connectivity index (χ1v) is 10.1. The Bertz CT molecular complexity index is 1030. The maximum Gasteiger partial charge on any atom is 0.256 e. The summed E-state index contributed by atoms with van der Waals surface area (Å²) in [5, 5.41) is 0. The van der Waals surface area contributed by atoms with Gasteiger partial charge >= 0.3 is 0 Å². The molecule has 2 aliphatic rings. The molecule has 1 fully saturated rings. The Balaban J connectivity index is 1.57. The molecule has 0 saturated carbocycles. The minimum atomic E-state index is -0.246. The first-order valence-electron chi connectivity index (χ1n) is 10.1. The number of H-pyrrole nitrogens is 1. The molecule has 2 amide bonds. The molecule has 9 nitrogen and oxygen atoms in total. The summed E-state index contributed by atoms with van der Waals surface area (Å²) in [6, 6.07) is 1.45. The van der Waals surface area contributed by atoms with Gasteiger partial charge in [-0.1, -0.05) is 0 Å². The lowest BCUT2D eigenvalue weighted by atomic mass is 10.0. The van der Waals surface area contributed by atoms with Gasteiger partial charge in [0.2, 0.25) is 5.91 Å². The summed E-state index contributed by atoms with van der Waals surface area (Å²) in [6.07, 6.45) is 5.36. The van der Waals surface area contributed by atoms with Crippen LogP contribution in [0.5, 0.6) is 0 Å². The van der Waals surface area contributed by atoms with Crippen molar-refractivity contribution in [3.05, 3.63) is 57.0 Å². The number of nitrogens with zero attached hydrogens (tertiary/aromatic N) is 4. The highest BCUT2D eigenvalue weighted by Crippen LogP contribution is 2.30. The summed E-state index contributed by atoms with van der Waals surface area (Å²) in [7, 11) is 1.49. The summed E-state index contributed by atoms with van der Waals surface area (Å²) in [5.41, 5.74) is 2.36. The van der Waals surface area contributed by atoms with E-state index in [0.717, 1.165) is 18.4 Å². The number of likely N-dealkylation sites (tertiary alicyclic amines) is 1. The normalized spacial score (nSPS) is 18.4. The molecule has 0 aliphatic carbocycles. The Morgan fingerprint density at radius 1 is 1.33 bits per heavy atom. The summed E-state index contributed by atoms with van der Waals surface area (Å²) in [5.74, 6) is 0.298. The van der Waals surface area contributed by atoms with Crippen molar-refractivity contribution >= 4 is 11.8 Å². The average molecular weight is 411 g/mol. The molecule has 158 valence electrons. The SMILES string of the molecule is COCC(=O)N1CCCC1c1nc2c(c(=O)[nH]1)CN(C(=O)c1ccncc1C)CC2. The molecule has 4 rings (SSSR count). The summed E-state index contributed by atoms with van der Waals surface area (Å²) >= 11 is 0. The molecular formula is C21H25N5O4. The molecule has 1 saturated heterocycles. The van der Waals surface area contributed by atoms with E-state index in [4.69, 9.17) is 9.72 Å². The molecule has 0 spiro atoms. The molecule has 1 atom stereocenters. The molecule has 2 aromatic rings. The van der Waals surface area contributed by atoms with Gasteiger partial charge in [-0.05, 0) is 31.4 Å². The number of pyridine rings is 1.